The lowest BCUT2D eigenvalue weighted by Crippen LogP contribution is -2.30. The van der Waals surface area contributed by atoms with Gasteiger partial charge in [-0.1, -0.05) is 34.1 Å². The Morgan fingerprint density at radius 2 is 2.24 bits per heavy atom. The Morgan fingerprint density at radius 3 is 2.94 bits per heavy atom. The standard InChI is InChI=1S/C14H18BrNO/c1-11(17)9-13-6-4-8-16(13)10-12-5-2-3-7-14(12)15/h2-3,5,7,13H,4,6,8-10H2,1H3. The molecule has 1 aliphatic heterocycles. The summed E-state index contributed by atoms with van der Waals surface area (Å²) in [5, 5.41) is 0. The molecule has 3 heteroatoms. The Balaban J connectivity index is 2.03. The average molecular weight is 296 g/mol. The van der Waals surface area contributed by atoms with Gasteiger partial charge in [0.1, 0.15) is 5.78 Å². The molecule has 1 aromatic carbocycles. The third-order valence-corrected chi connectivity index (χ3v) is 4.13. The molecule has 0 bridgehead atoms. The zero-order valence-electron chi connectivity index (χ0n) is 10.2. The van der Waals surface area contributed by atoms with Crippen LogP contribution in [0.3, 0.4) is 0 Å². The van der Waals surface area contributed by atoms with E-state index in [1.54, 1.807) is 6.92 Å². The van der Waals surface area contributed by atoms with Gasteiger partial charge in [-0.2, -0.15) is 0 Å². The maximum absolute atomic E-state index is 11.2. The molecule has 0 aromatic heterocycles. The summed E-state index contributed by atoms with van der Waals surface area (Å²) in [7, 11) is 0. The van der Waals surface area contributed by atoms with Gasteiger partial charge >= 0.3 is 0 Å². The number of ketones is 1. The van der Waals surface area contributed by atoms with Crippen molar-refractivity contribution in [1.82, 2.24) is 4.90 Å². The number of likely N-dealkylation sites (tertiary alicyclic amines) is 1. The summed E-state index contributed by atoms with van der Waals surface area (Å²) in [6, 6.07) is 8.76. The first-order valence-electron chi connectivity index (χ1n) is 6.13. The van der Waals surface area contributed by atoms with Crippen LogP contribution in [0.1, 0.15) is 31.7 Å². The van der Waals surface area contributed by atoms with Crippen molar-refractivity contribution in [2.45, 2.75) is 38.8 Å². The fraction of sp³-hybridized carbons (Fsp3) is 0.500. The molecule has 1 unspecified atom stereocenters. The predicted octanol–water partition coefficient (Wildman–Crippen LogP) is 3.39. The van der Waals surface area contributed by atoms with Gasteiger partial charge in [-0.3, -0.25) is 9.69 Å². The van der Waals surface area contributed by atoms with Crippen molar-refractivity contribution in [3.63, 3.8) is 0 Å². The highest BCUT2D eigenvalue weighted by molar-refractivity contribution is 9.10. The molecule has 0 saturated carbocycles. The summed E-state index contributed by atoms with van der Waals surface area (Å²) in [5.74, 6) is 0.300. The highest BCUT2D eigenvalue weighted by Gasteiger charge is 2.25. The first kappa shape index (κ1) is 12.8. The molecule has 1 heterocycles. The molecule has 2 nitrogen and oxygen atoms in total. The van der Waals surface area contributed by atoms with Crippen molar-refractivity contribution in [1.29, 1.82) is 0 Å². The van der Waals surface area contributed by atoms with E-state index in [2.05, 4.69) is 39.0 Å². The second-order valence-electron chi connectivity index (χ2n) is 4.76. The second kappa shape index (κ2) is 5.78. The molecule has 1 aliphatic rings. The van der Waals surface area contributed by atoms with E-state index in [1.165, 1.54) is 12.0 Å². The van der Waals surface area contributed by atoms with Crippen molar-refractivity contribution < 1.29 is 4.79 Å². The van der Waals surface area contributed by atoms with Crippen LogP contribution in [0.15, 0.2) is 28.7 Å². The average Bonchev–Trinajstić information content (AvgIpc) is 2.68. The second-order valence-corrected chi connectivity index (χ2v) is 5.62. The molecule has 1 atom stereocenters. The predicted molar refractivity (Wildman–Crippen MR) is 72.9 cm³/mol. The monoisotopic (exact) mass is 295 g/mol. The van der Waals surface area contributed by atoms with Crippen LogP contribution in [0.2, 0.25) is 0 Å². The molecule has 0 spiro atoms. The van der Waals surface area contributed by atoms with Crippen LogP contribution >= 0.6 is 15.9 Å². The van der Waals surface area contributed by atoms with Gasteiger partial charge in [-0.25, -0.2) is 0 Å². The number of nitrogens with zero attached hydrogens (tertiary/aromatic N) is 1. The maximum atomic E-state index is 11.2. The number of hydrogen-bond acceptors (Lipinski definition) is 2. The number of carbonyl (C=O) groups excluding carboxylic acids is 1. The Kier molecular flexibility index (Phi) is 4.35. The van der Waals surface area contributed by atoms with E-state index in [-0.39, 0.29) is 0 Å². The van der Waals surface area contributed by atoms with Crippen molar-refractivity contribution in [3.05, 3.63) is 34.3 Å². The van der Waals surface area contributed by atoms with Crippen LogP contribution < -0.4 is 0 Å². The van der Waals surface area contributed by atoms with E-state index < -0.39 is 0 Å². The van der Waals surface area contributed by atoms with Crippen LogP contribution in [-0.4, -0.2) is 23.3 Å². The van der Waals surface area contributed by atoms with E-state index in [1.807, 2.05) is 6.07 Å². The first-order chi connectivity index (χ1) is 8.16. The minimum Gasteiger partial charge on any atom is -0.300 e. The molecule has 17 heavy (non-hydrogen) atoms. The fourth-order valence-electron chi connectivity index (χ4n) is 2.51. The molecule has 1 saturated heterocycles. The zero-order valence-corrected chi connectivity index (χ0v) is 11.7. The minimum atomic E-state index is 0.300. The van der Waals surface area contributed by atoms with Gasteiger partial charge < -0.3 is 0 Å². The lowest BCUT2D eigenvalue weighted by atomic mass is 10.1. The van der Waals surface area contributed by atoms with Gasteiger partial charge in [-0.15, -0.1) is 0 Å². The van der Waals surface area contributed by atoms with Crippen LogP contribution in [0.4, 0.5) is 0 Å². The summed E-state index contributed by atoms with van der Waals surface area (Å²) in [4.78, 5) is 13.7. The number of halogens is 1. The van der Waals surface area contributed by atoms with E-state index in [0.717, 1.165) is 24.0 Å². The van der Waals surface area contributed by atoms with Gasteiger partial charge in [0, 0.05) is 23.5 Å². The molecule has 2 rings (SSSR count). The van der Waals surface area contributed by atoms with Crippen molar-refractivity contribution >= 4 is 21.7 Å². The number of carbonyl (C=O) groups is 1. The summed E-state index contributed by atoms with van der Waals surface area (Å²) in [6.45, 7) is 3.74. The maximum Gasteiger partial charge on any atom is 0.131 e. The van der Waals surface area contributed by atoms with Crippen molar-refractivity contribution in [2.24, 2.45) is 0 Å². The highest BCUT2D eigenvalue weighted by atomic mass is 79.9. The lowest BCUT2D eigenvalue weighted by Gasteiger charge is -2.24. The zero-order chi connectivity index (χ0) is 12.3. The molecule has 0 N–H and O–H groups in total. The number of hydrogen-bond donors (Lipinski definition) is 0. The van der Waals surface area contributed by atoms with Crippen LogP contribution in [0.5, 0.6) is 0 Å². The molecule has 0 radical (unpaired) electrons. The van der Waals surface area contributed by atoms with Gasteiger partial charge in [-0.05, 0) is 37.9 Å². The Labute approximate surface area is 111 Å². The topological polar surface area (TPSA) is 20.3 Å². The van der Waals surface area contributed by atoms with Gasteiger partial charge in [0.05, 0.1) is 0 Å². The van der Waals surface area contributed by atoms with Crippen LogP contribution in [-0.2, 0) is 11.3 Å². The molecule has 1 fully saturated rings. The summed E-state index contributed by atoms with van der Waals surface area (Å²) < 4.78 is 1.16. The Morgan fingerprint density at radius 1 is 1.47 bits per heavy atom. The minimum absolute atomic E-state index is 0.300. The number of benzene rings is 1. The first-order valence-corrected chi connectivity index (χ1v) is 6.93. The summed E-state index contributed by atoms with van der Waals surface area (Å²) >= 11 is 3.58. The lowest BCUT2D eigenvalue weighted by molar-refractivity contribution is -0.118. The quantitative estimate of drug-likeness (QED) is 0.849. The molecule has 0 aliphatic carbocycles. The molecule has 0 amide bonds. The SMILES string of the molecule is CC(=O)CC1CCCN1Cc1ccccc1Br. The number of rotatable bonds is 4. The molecular weight excluding hydrogens is 278 g/mol. The van der Waals surface area contributed by atoms with Crippen LogP contribution in [0.25, 0.3) is 0 Å². The number of Topliss-reactive ketones (excluding diaryl/α,β-unsaturated/α-hetero) is 1. The van der Waals surface area contributed by atoms with E-state index in [0.29, 0.717) is 18.2 Å². The van der Waals surface area contributed by atoms with E-state index in [9.17, 15) is 4.79 Å². The Bertz CT molecular complexity index is 405. The summed E-state index contributed by atoms with van der Waals surface area (Å²) in [6.07, 6.45) is 3.07. The normalized spacial score (nSPS) is 20.7. The fourth-order valence-corrected chi connectivity index (χ4v) is 2.92. The van der Waals surface area contributed by atoms with E-state index >= 15 is 0 Å². The van der Waals surface area contributed by atoms with Gasteiger partial charge in [0.15, 0.2) is 0 Å². The van der Waals surface area contributed by atoms with Gasteiger partial charge in [0.25, 0.3) is 0 Å². The molecule has 1 aromatic rings. The smallest absolute Gasteiger partial charge is 0.131 e. The molecule has 92 valence electrons. The van der Waals surface area contributed by atoms with E-state index in [4.69, 9.17) is 0 Å². The summed E-state index contributed by atoms with van der Waals surface area (Å²) in [5.41, 5.74) is 1.31. The van der Waals surface area contributed by atoms with Crippen molar-refractivity contribution in [2.75, 3.05) is 6.54 Å². The highest BCUT2D eigenvalue weighted by Crippen LogP contribution is 2.25. The third-order valence-electron chi connectivity index (χ3n) is 3.35. The molecular formula is C14H18BrNO. The third kappa shape index (κ3) is 3.39. The van der Waals surface area contributed by atoms with Crippen molar-refractivity contribution in [3.8, 4) is 0 Å². The van der Waals surface area contributed by atoms with Crippen LogP contribution in [0, 0.1) is 0 Å². The Hall–Kier alpha value is -0.670. The van der Waals surface area contributed by atoms with Gasteiger partial charge in [0.2, 0.25) is 0 Å². The largest absolute Gasteiger partial charge is 0.300 e.